The van der Waals surface area contributed by atoms with E-state index in [0.29, 0.717) is 5.82 Å². The number of halogens is 1. The molecule has 0 amide bonds. The van der Waals surface area contributed by atoms with Gasteiger partial charge in [-0.1, -0.05) is 0 Å². The van der Waals surface area contributed by atoms with Gasteiger partial charge in [0.15, 0.2) is 5.82 Å². The van der Waals surface area contributed by atoms with E-state index in [9.17, 15) is 0 Å². The van der Waals surface area contributed by atoms with E-state index < -0.39 is 0 Å². The molecule has 44 valence electrons. The van der Waals surface area contributed by atoms with E-state index in [-0.39, 0.29) is 6.61 Å². The molecule has 0 saturated heterocycles. The van der Waals surface area contributed by atoms with E-state index in [1.165, 1.54) is 6.33 Å². The van der Waals surface area contributed by atoms with Gasteiger partial charge in [0.1, 0.15) is 12.9 Å². The summed E-state index contributed by atoms with van der Waals surface area (Å²) in [6.45, 7) is -0.0526. The molecule has 0 aliphatic carbocycles. The van der Waals surface area contributed by atoms with Crippen LogP contribution in [0.4, 0.5) is 0 Å². The highest BCUT2D eigenvalue weighted by atomic mass is 127. The summed E-state index contributed by atoms with van der Waals surface area (Å²) in [4.78, 5) is 0. The van der Waals surface area contributed by atoms with Crippen molar-refractivity contribution in [1.82, 2.24) is 13.0 Å². The summed E-state index contributed by atoms with van der Waals surface area (Å²) in [6.07, 6.45) is 1.53. The summed E-state index contributed by atoms with van der Waals surface area (Å²) in [5, 5.41) is 15.6. The fourth-order valence-corrected chi connectivity index (χ4v) is 0.707. The van der Waals surface area contributed by atoms with Crippen molar-refractivity contribution in [3.05, 3.63) is 12.2 Å². The van der Waals surface area contributed by atoms with Crippen LogP contribution in [0.3, 0.4) is 0 Å². The molecule has 1 aromatic heterocycles. The summed E-state index contributed by atoms with van der Waals surface area (Å²) < 4.78 is 1.64. The second kappa shape index (κ2) is 2.40. The monoisotopic (exact) mass is 225 g/mol. The number of aromatic nitrogens is 3. The van der Waals surface area contributed by atoms with Gasteiger partial charge in [-0.15, -0.1) is 10.2 Å². The van der Waals surface area contributed by atoms with Crippen molar-refractivity contribution in [2.24, 2.45) is 0 Å². The zero-order valence-electron chi connectivity index (χ0n) is 3.95. The van der Waals surface area contributed by atoms with Crippen LogP contribution in [0.5, 0.6) is 0 Å². The normalized spacial score (nSPS) is 9.75. The molecule has 1 aromatic rings. The van der Waals surface area contributed by atoms with Crippen LogP contribution in [0.1, 0.15) is 5.82 Å². The van der Waals surface area contributed by atoms with Crippen LogP contribution < -0.4 is 0 Å². The highest BCUT2D eigenvalue weighted by Crippen LogP contribution is 1.97. The van der Waals surface area contributed by atoms with Gasteiger partial charge >= 0.3 is 0 Å². The van der Waals surface area contributed by atoms with Gasteiger partial charge in [-0.3, -0.25) is 2.78 Å². The van der Waals surface area contributed by atoms with Crippen LogP contribution in [0.2, 0.25) is 0 Å². The van der Waals surface area contributed by atoms with E-state index in [0.717, 1.165) is 0 Å². The van der Waals surface area contributed by atoms with Gasteiger partial charge in [0.05, 0.1) is 22.9 Å². The maximum Gasteiger partial charge on any atom is 0.167 e. The fraction of sp³-hybridized carbons (Fsp3) is 0.333. The Labute approximate surface area is 60.0 Å². The zero-order valence-corrected chi connectivity index (χ0v) is 6.11. The molecule has 0 unspecified atom stereocenters. The fourth-order valence-electron chi connectivity index (χ4n) is 0.346. The van der Waals surface area contributed by atoms with Crippen LogP contribution in [0, 0.1) is 0 Å². The molecule has 0 radical (unpaired) electrons. The Balaban J connectivity index is 2.92. The van der Waals surface area contributed by atoms with Crippen molar-refractivity contribution in [2.45, 2.75) is 6.61 Å². The lowest BCUT2D eigenvalue weighted by Crippen LogP contribution is -1.89. The highest BCUT2D eigenvalue weighted by molar-refractivity contribution is 14.1. The van der Waals surface area contributed by atoms with Gasteiger partial charge in [0, 0.05) is 0 Å². The Morgan fingerprint density at radius 1 is 1.88 bits per heavy atom. The van der Waals surface area contributed by atoms with Gasteiger partial charge in [-0.2, -0.15) is 0 Å². The molecular weight excluding hydrogens is 221 g/mol. The predicted molar refractivity (Wildman–Crippen MR) is 35.4 cm³/mol. The summed E-state index contributed by atoms with van der Waals surface area (Å²) in [5.74, 6) is 0.575. The molecule has 1 N–H and O–H groups in total. The Kier molecular flexibility index (Phi) is 1.79. The molecule has 4 nitrogen and oxygen atoms in total. The van der Waals surface area contributed by atoms with E-state index in [1.807, 2.05) is 22.9 Å². The summed E-state index contributed by atoms with van der Waals surface area (Å²) in [6, 6.07) is 0. The van der Waals surface area contributed by atoms with Crippen molar-refractivity contribution < 1.29 is 5.11 Å². The molecule has 0 saturated carbocycles. The lowest BCUT2D eigenvalue weighted by atomic mass is 10.7. The van der Waals surface area contributed by atoms with Crippen molar-refractivity contribution in [2.75, 3.05) is 0 Å². The average molecular weight is 225 g/mol. The molecule has 0 fully saturated rings. The van der Waals surface area contributed by atoms with Crippen molar-refractivity contribution >= 4 is 22.9 Å². The third-order valence-electron chi connectivity index (χ3n) is 0.714. The maximum atomic E-state index is 8.48. The van der Waals surface area contributed by atoms with E-state index in [4.69, 9.17) is 5.11 Å². The first-order valence-corrected chi connectivity index (χ1v) is 2.97. The number of rotatable bonds is 1. The molecular formula is C3H4IN3O. The van der Waals surface area contributed by atoms with Crippen LogP contribution >= 0.6 is 22.9 Å². The number of hydrogen-bond acceptors (Lipinski definition) is 3. The number of hydrogen-bond donors (Lipinski definition) is 1. The summed E-state index contributed by atoms with van der Waals surface area (Å²) in [7, 11) is 0. The van der Waals surface area contributed by atoms with Gasteiger partial charge < -0.3 is 5.11 Å². The van der Waals surface area contributed by atoms with Crippen molar-refractivity contribution in [1.29, 1.82) is 0 Å². The largest absolute Gasteiger partial charge is 0.388 e. The summed E-state index contributed by atoms with van der Waals surface area (Å²) >= 11 is 1.99. The number of aliphatic hydroxyl groups is 1. The average Bonchev–Trinajstić information content (AvgIpc) is 2.14. The first-order chi connectivity index (χ1) is 3.84. The number of nitrogens with zero attached hydrogens (tertiary/aromatic N) is 3. The topological polar surface area (TPSA) is 50.9 Å². The molecule has 0 spiro atoms. The Morgan fingerprint density at radius 3 is 2.88 bits per heavy atom. The lowest BCUT2D eigenvalue weighted by Gasteiger charge is -1.87. The number of aliphatic hydroxyl groups excluding tert-OH is 1. The van der Waals surface area contributed by atoms with Gasteiger partial charge in [0.2, 0.25) is 0 Å². The smallest absolute Gasteiger partial charge is 0.167 e. The second-order valence-electron chi connectivity index (χ2n) is 1.22. The van der Waals surface area contributed by atoms with Crippen LogP contribution in [0.15, 0.2) is 6.33 Å². The zero-order chi connectivity index (χ0) is 5.98. The summed E-state index contributed by atoms with van der Waals surface area (Å²) in [5.41, 5.74) is 0. The van der Waals surface area contributed by atoms with Crippen LogP contribution in [-0.2, 0) is 6.61 Å². The minimum Gasteiger partial charge on any atom is -0.388 e. The Morgan fingerprint density at radius 2 is 2.62 bits per heavy atom. The standard InChI is InChI=1S/C3H4IN3O/c4-7-2-5-6-3(7)1-8/h2,8H,1H2. The van der Waals surface area contributed by atoms with E-state index in [1.54, 1.807) is 2.78 Å². The highest BCUT2D eigenvalue weighted by Gasteiger charge is 1.95. The predicted octanol–water partition coefficient (Wildman–Crippen LogP) is -0.0315. The van der Waals surface area contributed by atoms with Crippen molar-refractivity contribution in [3.8, 4) is 0 Å². The van der Waals surface area contributed by atoms with Crippen molar-refractivity contribution in [3.63, 3.8) is 0 Å². The van der Waals surface area contributed by atoms with Crippen LogP contribution in [0.25, 0.3) is 0 Å². The first-order valence-electron chi connectivity index (χ1n) is 2.00. The maximum absolute atomic E-state index is 8.48. The molecule has 8 heavy (non-hydrogen) atoms. The molecule has 0 atom stereocenters. The third kappa shape index (κ3) is 0.972. The second-order valence-corrected chi connectivity index (χ2v) is 2.26. The third-order valence-corrected chi connectivity index (χ3v) is 1.52. The lowest BCUT2D eigenvalue weighted by molar-refractivity contribution is 0.271. The quantitative estimate of drug-likeness (QED) is 0.682. The van der Waals surface area contributed by atoms with Gasteiger partial charge in [0.25, 0.3) is 0 Å². The van der Waals surface area contributed by atoms with Gasteiger partial charge in [-0.05, 0) is 0 Å². The van der Waals surface area contributed by atoms with Gasteiger partial charge in [-0.25, -0.2) is 0 Å². The van der Waals surface area contributed by atoms with E-state index >= 15 is 0 Å². The molecule has 1 heterocycles. The molecule has 0 bridgehead atoms. The Bertz CT molecular complexity index is 175. The molecule has 0 aliphatic heterocycles. The SMILES string of the molecule is OCc1nncn1I. The van der Waals surface area contributed by atoms with E-state index in [2.05, 4.69) is 10.2 Å². The first kappa shape index (κ1) is 5.96. The molecule has 1 rings (SSSR count). The minimum atomic E-state index is -0.0526. The van der Waals surface area contributed by atoms with Crippen LogP contribution in [-0.4, -0.2) is 18.1 Å². The minimum absolute atomic E-state index is 0.0526. The molecule has 0 aromatic carbocycles. The Hall–Kier alpha value is -0.170. The molecule has 0 aliphatic rings. The molecule has 5 heteroatoms.